The molecular formula is C24H32O6. The van der Waals surface area contributed by atoms with Crippen LogP contribution >= 0.6 is 0 Å². The number of hydrogen-bond acceptors (Lipinski definition) is 6. The maximum atomic E-state index is 12.8. The first-order valence-corrected chi connectivity index (χ1v) is 10.6. The molecule has 30 heavy (non-hydrogen) atoms. The number of carbonyl (C=O) groups is 3. The number of rotatable bonds is 6. The minimum absolute atomic E-state index is 0.0160. The Morgan fingerprint density at radius 1 is 1.30 bits per heavy atom. The second kappa shape index (κ2) is 8.14. The van der Waals surface area contributed by atoms with Crippen molar-refractivity contribution in [2.75, 3.05) is 0 Å². The van der Waals surface area contributed by atoms with Gasteiger partial charge < -0.3 is 9.47 Å². The summed E-state index contributed by atoms with van der Waals surface area (Å²) in [6.07, 6.45) is 4.94. The maximum Gasteiger partial charge on any atom is 0.305 e. The van der Waals surface area contributed by atoms with Crippen molar-refractivity contribution < 1.29 is 28.6 Å². The highest BCUT2D eigenvalue weighted by molar-refractivity contribution is 5.92. The van der Waals surface area contributed by atoms with Crippen molar-refractivity contribution in [3.05, 3.63) is 36.5 Å². The molecule has 0 amide bonds. The molecule has 1 heterocycles. The average molecular weight is 417 g/mol. The zero-order valence-electron chi connectivity index (χ0n) is 18.4. The second-order valence-corrected chi connectivity index (χ2v) is 9.19. The van der Waals surface area contributed by atoms with E-state index in [0.717, 1.165) is 24.8 Å². The Morgan fingerprint density at radius 2 is 1.97 bits per heavy atom. The third-order valence-corrected chi connectivity index (χ3v) is 7.54. The fraction of sp³-hybridized carbons (Fsp3) is 0.625. The molecule has 6 nitrogen and oxygen atoms in total. The molecular weight excluding hydrogens is 384 g/mol. The molecule has 3 aliphatic rings. The van der Waals surface area contributed by atoms with Gasteiger partial charge in [0.2, 0.25) is 12.6 Å². The van der Waals surface area contributed by atoms with Crippen LogP contribution < -0.4 is 0 Å². The lowest BCUT2D eigenvalue weighted by atomic mass is 9.46. The van der Waals surface area contributed by atoms with E-state index in [1.807, 2.05) is 0 Å². The molecule has 0 aromatic heterocycles. The fourth-order valence-electron chi connectivity index (χ4n) is 5.71. The van der Waals surface area contributed by atoms with E-state index >= 15 is 0 Å². The molecule has 6 atom stereocenters. The quantitative estimate of drug-likeness (QED) is 0.476. The summed E-state index contributed by atoms with van der Waals surface area (Å²) in [5.74, 6) is -0.748. The summed E-state index contributed by atoms with van der Waals surface area (Å²) < 4.78 is 17.0. The fourth-order valence-corrected chi connectivity index (χ4v) is 5.71. The van der Waals surface area contributed by atoms with E-state index in [1.54, 1.807) is 12.2 Å². The van der Waals surface area contributed by atoms with E-state index in [0.29, 0.717) is 24.3 Å². The van der Waals surface area contributed by atoms with E-state index in [9.17, 15) is 14.4 Å². The summed E-state index contributed by atoms with van der Waals surface area (Å²) >= 11 is 0. The van der Waals surface area contributed by atoms with Gasteiger partial charge in [0, 0.05) is 25.8 Å². The van der Waals surface area contributed by atoms with Gasteiger partial charge in [0.25, 0.3) is 0 Å². The Labute approximate surface area is 178 Å². The highest BCUT2D eigenvalue weighted by Gasteiger charge is 2.67. The Morgan fingerprint density at radius 3 is 2.57 bits per heavy atom. The van der Waals surface area contributed by atoms with Crippen molar-refractivity contribution in [2.24, 2.45) is 22.7 Å². The first-order valence-electron chi connectivity index (χ1n) is 10.6. The lowest BCUT2D eigenvalue weighted by Gasteiger charge is -2.57. The van der Waals surface area contributed by atoms with Crippen LogP contribution in [0.4, 0.5) is 0 Å². The monoisotopic (exact) mass is 416 g/mol. The van der Waals surface area contributed by atoms with Crippen LogP contribution in [-0.4, -0.2) is 30.3 Å². The summed E-state index contributed by atoms with van der Waals surface area (Å²) in [6.45, 7) is 14.9. The van der Waals surface area contributed by atoms with Crippen molar-refractivity contribution in [1.29, 1.82) is 0 Å². The van der Waals surface area contributed by atoms with Crippen LogP contribution in [0.15, 0.2) is 36.5 Å². The molecule has 2 fully saturated rings. The summed E-state index contributed by atoms with van der Waals surface area (Å²) in [5.41, 5.74) is 0.687. The van der Waals surface area contributed by atoms with Gasteiger partial charge >= 0.3 is 11.9 Å². The molecule has 2 aliphatic carbocycles. The largest absolute Gasteiger partial charge is 0.435 e. The molecule has 164 valence electrons. The minimum atomic E-state index is -1.01. The molecule has 1 saturated heterocycles. The van der Waals surface area contributed by atoms with Gasteiger partial charge in [-0.3, -0.25) is 19.1 Å². The third kappa shape index (κ3) is 3.66. The molecule has 1 saturated carbocycles. The molecule has 0 bridgehead atoms. The number of ether oxygens (including phenoxy) is 3. The molecule has 1 aliphatic heterocycles. The van der Waals surface area contributed by atoms with E-state index in [-0.39, 0.29) is 17.1 Å². The van der Waals surface area contributed by atoms with Gasteiger partial charge in [-0.05, 0) is 49.0 Å². The Balaban J connectivity index is 2.09. The second-order valence-electron chi connectivity index (χ2n) is 9.19. The molecule has 0 aromatic rings. The van der Waals surface area contributed by atoms with Crippen molar-refractivity contribution >= 4 is 17.7 Å². The molecule has 0 aromatic carbocycles. The number of carbonyl (C=O) groups excluding carboxylic acids is 3. The summed E-state index contributed by atoms with van der Waals surface area (Å²) in [4.78, 5) is 36.4. The first-order chi connectivity index (χ1) is 14.0. The van der Waals surface area contributed by atoms with E-state index in [1.165, 1.54) is 13.8 Å². The van der Waals surface area contributed by atoms with E-state index < -0.39 is 29.9 Å². The van der Waals surface area contributed by atoms with Gasteiger partial charge in [-0.25, -0.2) is 0 Å². The first kappa shape index (κ1) is 22.5. The Bertz CT molecular complexity index is 811. The van der Waals surface area contributed by atoms with Gasteiger partial charge in [-0.2, -0.15) is 0 Å². The highest BCUT2D eigenvalue weighted by atomic mass is 16.8. The van der Waals surface area contributed by atoms with Crippen molar-refractivity contribution in [3.63, 3.8) is 0 Å². The normalized spacial score (nSPS) is 37.5. The molecule has 3 rings (SSSR count). The van der Waals surface area contributed by atoms with Crippen LogP contribution in [0.5, 0.6) is 0 Å². The zero-order valence-corrected chi connectivity index (χ0v) is 18.4. The van der Waals surface area contributed by atoms with Crippen LogP contribution in [0.1, 0.15) is 59.8 Å². The molecule has 0 N–H and O–H groups in total. The standard InChI is InChI=1S/C24H32O6/c1-7-14(2)8-10-23(6)15(3)9-11-24-19(12-18(27)13-20(23)24)21(28-16(4)25)30-22(24)29-17(5)26/h7,12,15,20-22H,1-2,8-11,13H2,3-6H3/t15-,20+,21+,22-,23-,24-/m1/s1. The lowest BCUT2D eigenvalue weighted by Crippen LogP contribution is -2.56. The Kier molecular flexibility index (Phi) is 6.10. The zero-order chi connectivity index (χ0) is 22.3. The van der Waals surface area contributed by atoms with Gasteiger partial charge in [-0.1, -0.05) is 38.7 Å². The van der Waals surface area contributed by atoms with Crippen molar-refractivity contribution in [2.45, 2.75) is 72.4 Å². The predicted octanol–water partition coefficient (Wildman–Crippen LogP) is 4.26. The van der Waals surface area contributed by atoms with E-state index in [4.69, 9.17) is 14.2 Å². The topological polar surface area (TPSA) is 78.9 Å². The number of allylic oxidation sites excluding steroid dienone is 3. The van der Waals surface area contributed by atoms with Crippen LogP contribution in [0.2, 0.25) is 0 Å². The Hall–Kier alpha value is -2.21. The molecule has 0 radical (unpaired) electrons. The number of hydrogen-bond donors (Lipinski definition) is 0. The minimum Gasteiger partial charge on any atom is -0.435 e. The SMILES string of the molecule is C=CC(=C)CC[C@]1(C)[C@H](C)CC[C@@]23C(=CC(=O)C[C@@H]12)[C@@H](OC(C)=O)O[C@H]3OC(C)=O. The van der Waals surface area contributed by atoms with Gasteiger partial charge in [0.1, 0.15) is 0 Å². The summed E-state index contributed by atoms with van der Waals surface area (Å²) in [7, 11) is 0. The summed E-state index contributed by atoms with van der Waals surface area (Å²) in [5, 5.41) is 0. The van der Waals surface area contributed by atoms with Crippen molar-refractivity contribution in [1.82, 2.24) is 0 Å². The smallest absolute Gasteiger partial charge is 0.305 e. The average Bonchev–Trinajstić information content (AvgIpc) is 2.94. The van der Waals surface area contributed by atoms with E-state index in [2.05, 4.69) is 27.0 Å². The molecule has 1 spiro atoms. The summed E-state index contributed by atoms with van der Waals surface area (Å²) in [6, 6.07) is 0. The molecule has 6 heteroatoms. The van der Waals surface area contributed by atoms with Crippen LogP contribution in [0.3, 0.4) is 0 Å². The van der Waals surface area contributed by atoms with Gasteiger partial charge in [0.15, 0.2) is 5.78 Å². The van der Waals surface area contributed by atoms with Gasteiger partial charge in [-0.15, -0.1) is 0 Å². The number of esters is 2. The van der Waals surface area contributed by atoms with Crippen LogP contribution in [0.25, 0.3) is 0 Å². The molecule has 0 unspecified atom stereocenters. The van der Waals surface area contributed by atoms with Crippen LogP contribution in [0, 0.1) is 22.7 Å². The van der Waals surface area contributed by atoms with Gasteiger partial charge in [0.05, 0.1) is 5.41 Å². The highest BCUT2D eigenvalue weighted by Crippen LogP contribution is 2.66. The van der Waals surface area contributed by atoms with Crippen LogP contribution in [-0.2, 0) is 28.6 Å². The predicted molar refractivity (Wildman–Crippen MR) is 111 cm³/mol. The van der Waals surface area contributed by atoms with Crippen molar-refractivity contribution in [3.8, 4) is 0 Å². The third-order valence-electron chi connectivity index (χ3n) is 7.54. The lowest BCUT2D eigenvalue weighted by molar-refractivity contribution is -0.234. The maximum absolute atomic E-state index is 12.8. The number of ketones is 1.